The topological polar surface area (TPSA) is 64.4 Å². The van der Waals surface area contributed by atoms with E-state index < -0.39 is 0 Å². The van der Waals surface area contributed by atoms with Gasteiger partial charge in [0, 0.05) is 51.1 Å². The molecule has 0 unspecified atom stereocenters. The Kier molecular flexibility index (Phi) is 5.32. The van der Waals surface area contributed by atoms with Gasteiger partial charge in [0.15, 0.2) is 0 Å². The Balaban J connectivity index is 1.68. The predicted molar refractivity (Wildman–Crippen MR) is 92.3 cm³/mol. The molecule has 0 bridgehead atoms. The average Bonchev–Trinajstić information content (AvgIpc) is 2.89. The van der Waals surface area contributed by atoms with Gasteiger partial charge >= 0.3 is 0 Å². The molecule has 1 saturated heterocycles. The lowest BCUT2D eigenvalue weighted by Crippen LogP contribution is -2.38. The summed E-state index contributed by atoms with van der Waals surface area (Å²) in [6, 6.07) is 3.94. The summed E-state index contributed by atoms with van der Waals surface area (Å²) >= 11 is 0. The molecule has 0 saturated carbocycles. The number of hydrogen-bond acceptors (Lipinski definition) is 6. The second kappa shape index (κ2) is 7.63. The molecular weight excluding hydrogens is 306 g/mol. The number of nitrogens with zero attached hydrogens (tertiary/aromatic N) is 4. The second-order valence-electron chi connectivity index (χ2n) is 5.92. The van der Waals surface area contributed by atoms with Gasteiger partial charge in [-0.15, -0.1) is 0 Å². The van der Waals surface area contributed by atoms with Crippen LogP contribution in [-0.2, 0) is 24.9 Å². The van der Waals surface area contributed by atoms with Crippen LogP contribution in [0.25, 0.3) is 0 Å². The number of aromatic nitrogens is 3. The Morgan fingerprint density at radius 3 is 2.83 bits per heavy atom. The smallest absolute Gasteiger partial charge is 0.213 e. The number of ether oxygens (including phenoxy) is 2. The highest BCUT2D eigenvalue weighted by atomic mass is 16.5. The fourth-order valence-corrected chi connectivity index (χ4v) is 3.07. The van der Waals surface area contributed by atoms with Gasteiger partial charge in [0.2, 0.25) is 5.88 Å². The maximum atomic E-state index is 5.46. The Hall–Kier alpha value is -2.12. The van der Waals surface area contributed by atoms with Crippen molar-refractivity contribution in [1.29, 1.82) is 0 Å². The van der Waals surface area contributed by atoms with Gasteiger partial charge in [-0.25, -0.2) is 4.98 Å². The van der Waals surface area contributed by atoms with Crippen molar-refractivity contribution in [1.82, 2.24) is 20.1 Å². The molecule has 3 rings (SSSR count). The normalized spacial score (nSPS) is 14.9. The first-order valence-corrected chi connectivity index (χ1v) is 8.24. The highest BCUT2D eigenvalue weighted by Gasteiger charge is 2.20. The summed E-state index contributed by atoms with van der Waals surface area (Å²) in [4.78, 5) is 6.49. The second-order valence-corrected chi connectivity index (χ2v) is 5.92. The van der Waals surface area contributed by atoms with Crippen molar-refractivity contribution in [3.8, 4) is 5.88 Å². The van der Waals surface area contributed by atoms with E-state index in [1.165, 1.54) is 11.4 Å². The summed E-state index contributed by atoms with van der Waals surface area (Å²) in [6.07, 6.45) is 1.77. The van der Waals surface area contributed by atoms with Crippen LogP contribution in [0.2, 0.25) is 0 Å². The van der Waals surface area contributed by atoms with E-state index in [0.717, 1.165) is 50.7 Å². The largest absolute Gasteiger partial charge is 0.481 e. The van der Waals surface area contributed by atoms with Crippen LogP contribution < -0.4 is 15.0 Å². The zero-order valence-electron chi connectivity index (χ0n) is 14.6. The standard InChI is InChI=1S/C17H25N5O2/c1-13-15(12-18-11-14-4-5-19-16(10-14)23-3)17(21(2)20-13)22-6-8-24-9-7-22/h4-5,10,18H,6-9,11-12H2,1-3H3. The molecule has 2 aromatic rings. The van der Waals surface area contributed by atoms with Crippen molar-refractivity contribution < 1.29 is 9.47 Å². The fourth-order valence-electron chi connectivity index (χ4n) is 3.07. The van der Waals surface area contributed by atoms with Crippen LogP contribution in [0, 0.1) is 6.92 Å². The van der Waals surface area contributed by atoms with Crippen LogP contribution in [0.15, 0.2) is 18.3 Å². The summed E-state index contributed by atoms with van der Waals surface area (Å²) in [5.74, 6) is 1.83. The molecule has 1 aliphatic rings. The number of hydrogen-bond donors (Lipinski definition) is 1. The molecule has 24 heavy (non-hydrogen) atoms. The maximum absolute atomic E-state index is 5.46. The molecule has 2 aromatic heterocycles. The van der Waals surface area contributed by atoms with Gasteiger partial charge in [0.05, 0.1) is 26.0 Å². The third-order valence-electron chi connectivity index (χ3n) is 4.26. The van der Waals surface area contributed by atoms with Crippen LogP contribution in [0.4, 0.5) is 5.82 Å². The number of pyridine rings is 1. The van der Waals surface area contributed by atoms with Crippen LogP contribution in [0.3, 0.4) is 0 Å². The van der Waals surface area contributed by atoms with E-state index in [-0.39, 0.29) is 0 Å². The van der Waals surface area contributed by atoms with E-state index >= 15 is 0 Å². The zero-order chi connectivity index (χ0) is 16.9. The quantitative estimate of drug-likeness (QED) is 0.860. The number of rotatable bonds is 6. The van der Waals surface area contributed by atoms with E-state index in [1.54, 1.807) is 13.3 Å². The molecule has 7 nitrogen and oxygen atoms in total. The number of morpholine rings is 1. The molecule has 130 valence electrons. The molecule has 0 radical (unpaired) electrons. The molecule has 0 atom stereocenters. The summed E-state index contributed by atoms with van der Waals surface area (Å²) < 4.78 is 12.6. The Labute approximate surface area is 142 Å². The maximum Gasteiger partial charge on any atom is 0.213 e. The SMILES string of the molecule is COc1cc(CNCc2c(C)nn(C)c2N2CCOCC2)ccn1. The van der Waals surface area contributed by atoms with E-state index in [2.05, 4.69) is 27.2 Å². The first-order valence-electron chi connectivity index (χ1n) is 8.24. The minimum absolute atomic E-state index is 0.640. The van der Waals surface area contributed by atoms with Gasteiger partial charge < -0.3 is 19.7 Å². The minimum Gasteiger partial charge on any atom is -0.481 e. The van der Waals surface area contributed by atoms with Gasteiger partial charge in [0.1, 0.15) is 5.82 Å². The highest BCUT2D eigenvalue weighted by Crippen LogP contribution is 2.24. The lowest BCUT2D eigenvalue weighted by molar-refractivity contribution is 0.122. The summed E-state index contributed by atoms with van der Waals surface area (Å²) in [6.45, 7) is 6.96. The zero-order valence-corrected chi connectivity index (χ0v) is 14.6. The fraction of sp³-hybridized carbons (Fsp3) is 0.529. The molecule has 3 heterocycles. The van der Waals surface area contributed by atoms with Gasteiger partial charge in [-0.1, -0.05) is 0 Å². The molecule has 0 amide bonds. The van der Waals surface area contributed by atoms with Gasteiger partial charge in [-0.3, -0.25) is 4.68 Å². The lowest BCUT2D eigenvalue weighted by atomic mass is 10.2. The van der Waals surface area contributed by atoms with Crippen molar-refractivity contribution in [2.24, 2.45) is 7.05 Å². The van der Waals surface area contributed by atoms with E-state index in [4.69, 9.17) is 9.47 Å². The van der Waals surface area contributed by atoms with Crippen LogP contribution >= 0.6 is 0 Å². The van der Waals surface area contributed by atoms with E-state index in [9.17, 15) is 0 Å². The monoisotopic (exact) mass is 331 g/mol. The highest BCUT2D eigenvalue weighted by molar-refractivity contribution is 5.50. The minimum atomic E-state index is 0.640. The molecule has 0 aromatic carbocycles. The number of aryl methyl sites for hydroxylation is 2. The molecule has 1 aliphatic heterocycles. The molecule has 7 heteroatoms. The summed E-state index contributed by atoms with van der Waals surface area (Å²) in [5, 5.41) is 8.11. The molecule has 1 N–H and O–H groups in total. The van der Waals surface area contributed by atoms with E-state index in [0.29, 0.717) is 5.88 Å². The third kappa shape index (κ3) is 3.68. The van der Waals surface area contributed by atoms with Crippen molar-refractivity contribution >= 4 is 5.82 Å². The Morgan fingerprint density at radius 2 is 2.08 bits per heavy atom. The molecular formula is C17H25N5O2. The van der Waals surface area contributed by atoms with Gasteiger partial charge in [-0.2, -0.15) is 5.10 Å². The number of methoxy groups -OCH3 is 1. The van der Waals surface area contributed by atoms with Crippen molar-refractivity contribution in [3.63, 3.8) is 0 Å². The van der Waals surface area contributed by atoms with E-state index in [1.807, 2.05) is 23.9 Å². The van der Waals surface area contributed by atoms with Crippen LogP contribution in [0.5, 0.6) is 5.88 Å². The third-order valence-corrected chi connectivity index (χ3v) is 4.26. The van der Waals surface area contributed by atoms with Crippen LogP contribution in [0.1, 0.15) is 16.8 Å². The van der Waals surface area contributed by atoms with Crippen LogP contribution in [-0.4, -0.2) is 48.2 Å². The van der Waals surface area contributed by atoms with Crippen molar-refractivity contribution in [2.75, 3.05) is 38.3 Å². The number of nitrogens with one attached hydrogen (secondary N) is 1. The first-order chi connectivity index (χ1) is 11.7. The van der Waals surface area contributed by atoms with Crippen molar-refractivity contribution in [3.05, 3.63) is 35.2 Å². The predicted octanol–water partition coefficient (Wildman–Crippen LogP) is 1.26. The molecule has 1 fully saturated rings. The molecule has 0 spiro atoms. The Bertz CT molecular complexity index is 680. The Morgan fingerprint density at radius 1 is 1.29 bits per heavy atom. The summed E-state index contributed by atoms with van der Waals surface area (Å²) in [7, 11) is 3.64. The summed E-state index contributed by atoms with van der Waals surface area (Å²) in [5.41, 5.74) is 3.47. The average molecular weight is 331 g/mol. The number of anilines is 1. The van der Waals surface area contributed by atoms with Gasteiger partial charge in [0.25, 0.3) is 0 Å². The molecule has 0 aliphatic carbocycles. The van der Waals surface area contributed by atoms with Crippen molar-refractivity contribution in [2.45, 2.75) is 20.0 Å². The first kappa shape index (κ1) is 16.7. The van der Waals surface area contributed by atoms with Gasteiger partial charge in [-0.05, 0) is 18.6 Å². The lowest BCUT2D eigenvalue weighted by Gasteiger charge is -2.29.